The number of rotatable bonds is 3. The summed E-state index contributed by atoms with van der Waals surface area (Å²) in [5.41, 5.74) is 4.67. The number of benzene rings is 1. The molecule has 3 heterocycles. The molecule has 1 amide bonds. The van der Waals surface area contributed by atoms with Gasteiger partial charge in [-0.05, 0) is 17.7 Å². The number of fused-ring (bicyclic) bond motifs is 2. The Bertz CT molecular complexity index is 856. The third kappa shape index (κ3) is 2.60. The smallest absolute Gasteiger partial charge is 0.246 e. The number of H-pyrrole nitrogens is 1. The Balaban J connectivity index is 1.53. The SMILES string of the molecule is CN(Cc1ccc2nsnc2c1)C(=O)[C@@H]1NCCc2[nH]cnc21. The standard InChI is InChI=1S/C15H16N6OS/c1-21(7-9-2-3-10-12(6-9)20-23-19-10)15(22)14-13-11(4-5-16-14)17-8-18-13/h2-3,6,8,14,16H,4-5,7H2,1H3,(H,17,18)/t14-/m1/s1. The summed E-state index contributed by atoms with van der Waals surface area (Å²) in [6, 6.07) is 5.54. The van der Waals surface area contributed by atoms with E-state index in [2.05, 4.69) is 24.0 Å². The van der Waals surface area contributed by atoms with Crippen LogP contribution >= 0.6 is 11.7 Å². The van der Waals surface area contributed by atoms with Gasteiger partial charge in [0, 0.05) is 32.3 Å². The number of hydrogen-bond acceptors (Lipinski definition) is 6. The third-order valence-corrected chi connectivity index (χ3v) is 4.67. The first-order valence-electron chi connectivity index (χ1n) is 7.44. The summed E-state index contributed by atoms with van der Waals surface area (Å²) in [6.45, 7) is 1.31. The molecule has 0 spiro atoms. The maximum absolute atomic E-state index is 12.8. The van der Waals surface area contributed by atoms with Crippen molar-refractivity contribution >= 4 is 28.7 Å². The summed E-state index contributed by atoms with van der Waals surface area (Å²) in [6.07, 6.45) is 2.53. The molecule has 4 rings (SSSR count). The average Bonchev–Trinajstić information content (AvgIpc) is 3.21. The van der Waals surface area contributed by atoms with Crippen LogP contribution in [0.1, 0.15) is 23.0 Å². The maximum atomic E-state index is 12.8. The first kappa shape index (κ1) is 14.3. The Morgan fingerprint density at radius 2 is 2.26 bits per heavy atom. The van der Waals surface area contributed by atoms with E-state index in [1.54, 1.807) is 11.2 Å². The monoisotopic (exact) mass is 328 g/mol. The lowest BCUT2D eigenvalue weighted by molar-refractivity contribution is -0.133. The van der Waals surface area contributed by atoms with Gasteiger partial charge in [-0.25, -0.2) is 4.98 Å². The molecule has 0 unspecified atom stereocenters. The van der Waals surface area contributed by atoms with E-state index in [9.17, 15) is 4.79 Å². The normalized spacial score (nSPS) is 17.2. The topological polar surface area (TPSA) is 86.8 Å². The molecule has 1 aliphatic heterocycles. The molecule has 0 saturated carbocycles. The van der Waals surface area contributed by atoms with Crippen LogP contribution in [0.15, 0.2) is 24.5 Å². The molecule has 1 aromatic carbocycles. The second-order valence-electron chi connectivity index (χ2n) is 5.69. The number of imidazole rings is 1. The van der Waals surface area contributed by atoms with E-state index < -0.39 is 0 Å². The number of carbonyl (C=O) groups is 1. The van der Waals surface area contributed by atoms with Crippen LogP contribution in [-0.4, -0.2) is 43.1 Å². The molecule has 0 aliphatic carbocycles. The Kier molecular flexibility index (Phi) is 3.55. The van der Waals surface area contributed by atoms with E-state index >= 15 is 0 Å². The Morgan fingerprint density at radius 3 is 3.17 bits per heavy atom. The van der Waals surface area contributed by atoms with Crippen molar-refractivity contribution in [2.75, 3.05) is 13.6 Å². The molecule has 1 atom stereocenters. The average molecular weight is 328 g/mol. The third-order valence-electron chi connectivity index (χ3n) is 4.11. The van der Waals surface area contributed by atoms with Gasteiger partial charge in [-0.1, -0.05) is 6.07 Å². The molecular weight excluding hydrogens is 312 g/mol. The number of likely N-dealkylation sites (N-methyl/N-ethyl adjacent to an activating group) is 1. The van der Waals surface area contributed by atoms with Gasteiger partial charge < -0.3 is 15.2 Å². The van der Waals surface area contributed by atoms with Crippen LogP contribution in [0.25, 0.3) is 11.0 Å². The van der Waals surface area contributed by atoms with Gasteiger partial charge in [0.2, 0.25) is 5.91 Å². The minimum atomic E-state index is -0.375. The molecule has 0 fully saturated rings. The lowest BCUT2D eigenvalue weighted by Crippen LogP contribution is -2.42. The molecule has 1 aliphatic rings. The van der Waals surface area contributed by atoms with Crippen LogP contribution in [0.2, 0.25) is 0 Å². The largest absolute Gasteiger partial charge is 0.348 e. The minimum absolute atomic E-state index is 0.0227. The number of carbonyl (C=O) groups excluding carboxylic acids is 1. The zero-order chi connectivity index (χ0) is 15.8. The molecule has 2 N–H and O–H groups in total. The van der Waals surface area contributed by atoms with E-state index in [0.717, 1.165) is 41.0 Å². The molecule has 2 aromatic heterocycles. The van der Waals surface area contributed by atoms with E-state index in [0.29, 0.717) is 6.54 Å². The highest BCUT2D eigenvalue weighted by Crippen LogP contribution is 2.22. The fourth-order valence-corrected chi connectivity index (χ4v) is 3.44. The van der Waals surface area contributed by atoms with Gasteiger partial charge in [0.15, 0.2) is 0 Å². The van der Waals surface area contributed by atoms with Crippen molar-refractivity contribution in [3.8, 4) is 0 Å². The van der Waals surface area contributed by atoms with E-state index in [1.807, 2.05) is 25.2 Å². The highest BCUT2D eigenvalue weighted by Gasteiger charge is 2.30. The van der Waals surface area contributed by atoms with Gasteiger partial charge in [-0.3, -0.25) is 4.79 Å². The van der Waals surface area contributed by atoms with Crippen LogP contribution in [0.5, 0.6) is 0 Å². The fraction of sp³-hybridized carbons (Fsp3) is 0.333. The minimum Gasteiger partial charge on any atom is -0.348 e. The summed E-state index contributed by atoms with van der Waals surface area (Å²) in [7, 11) is 1.81. The van der Waals surface area contributed by atoms with E-state index in [1.165, 1.54) is 11.7 Å². The molecule has 0 radical (unpaired) electrons. The number of aromatic nitrogens is 4. The second kappa shape index (κ2) is 5.71. The van der Waals surface area contributed by atoms with Crippen molar-refractivity contribution in [3.63, 3.8) is 0 Å². The molecule has 118 valence electrons. The second-order valence-corrected chi connectivity index (χ2v) is 6.21. The van der Waals surface area contributed by atoms with Crippen molar-refractivity contribution in [3.05, 3.63) is 41.5 Å². The van der Waals surface area contributed by atoms with Gasteiger partial charge in [0.25, 0.3) is 0 Å². The molecule has 8 heteroatoms. The number of nitrogens with zero attached hydrogens (tertiary/aromatic N) is 4. The zero-order valence-electron chi connectivity index (χ0n) is 12.6. The van der Waals surface area contributed by atoms with Crippen LogP contribution in [-0.2, 0) is 17.8 Å². The summed E-state index contributed by atoms with van der Waals surface area (Å²) >= 11 is 1.20. The molecule has 23 heavy (non-hydrogen) atoms. The quantitative estimate of drug-likeness (QED) is 0.756. The maximum Gasteiger partial charge on any atom is 0.246 e. The summed E-state index contributed by atoms with van der Waals surface area (Å²) in [4.78, 5) is 21.9. The van der Waals surface area contributed by atoms with Crippen molar-refractivity contribution in [2.24, 2.45) is 0 Å². The zero-order valence-corrected chi connectivity index (χ0v) is 13.4. The lowest BCUT2D eigenvalue weighted by Gasteiger charge is -2.27. The Hall–Kier alpha value is -2.32. The van der Waals surface area contributed by atoms with Gasteiger partial charge in [-0.2, -0.15) is 8.75 Å². The Morgan fingerprint density at radius 1 is 1.39 bits per heavy atom. The van der Waals surface area contributed by atoms with Crippen molar-refractivity contribution in [1.29, 1.82) is 0 Å². The molecule has 7 nitrogen and oxygen atoms in total. The fourth-order valence-electron chi connectivity index (χ4n) is 2.92. The first-order valence-corrected chi connectivity index (χ1v) is 8.17. The van der Waals surface area contributed by atoms with Crippen LogP contribution in [0.4, 0.5) is 0 Å². The van der Waals surface area contributed by atoms with Crippen molar-refractivity contribution in [1.82, 2.24) is 28.9 Å². The van der Waals surface area contributed by atoms with Gasteiger partial charge in [-0.15, -0.1) is 0 Å². The summed E-state index contributed by atoms with van der Waals surface area (Å²) in [5, 5.41) is 3.26. The summed E-state index contributed by atoms with van der Waals surface area (Å²) < 4.78 is 8.44. The molecular formula is C15H16N6OS. The van der Waals surface area contributed by atoms with E-state index in [-0.39, 0.29) is 11.9 Å². The van der Waals surface area contributed by atoms with Crippen molar-refractivity contribution in [2.45, 2.75) is 19.0 Å². The van der Waals surface area contributed by atoms with Crippen LogP contribution in [0.3, 0.4) is 0 Å². The van der Waals surface area contributed by atoms with Gasteiger partial charge in [0.1, 0.15) is 17.1 Å². The Labute approximate surface area is 137 Å². The lowest BCUT2D eigenvalue weighted by atomic mass is 10.0. The molecule has 0 saturated heterocycles. The first-order chi connectivity index (χ1) is 11.2. The van der Waals surface area contributed by atoms with Crippen LogP contribution in [0, 0.1) is 0 Å². The highest BCUT2D eigenvalue weighted by molar-refractivity contribution is 7.00. The van der Waals surface area contributed by atoms with Crippen LogP contribution < -0.4 is 5.32 Å². The molecule has 0 bridgehead atoms. The van der Waals surface area contributed by atoms with Gasteiger partial charge in [0.05, 0.1) is 23.7 Å². The van der Waals surface area contributed by atoms with Crippen molar-refractivity contribution < 1.29 is 4.79 Å². The number of nitrogens with one attached hydrogen (secondary N) is 2. The predicted molar refractivity (Wildman–Crippen MR) is 86.9 cm³/mol. The number of hydrogen-bond donors (Lipinski definition) is 2. The number of aromatic amines is 1. The number of amides is 1. The predicted octanol–water partition coefficient (Wildman–Crippen LogP) is 1.26. The summed E-state index contributed by atoms with van der Waals surface area (Å²) in [5.74, 6) is 0.0227. The highest BCUT2D eigenvalue weighted by atomic mass is 32.1. The van der Waals surface area contributed by atoms with Gasteiger partial charge >= 0.3 is 0 Å². The van der Waals surface area contributed by atoms with E-state index in [4.69, 9.17) is 0 Å². The molecule has 3 aromatic rings.